The van der Waals surface area contributed by atoms with Crippen molar-refractivity contribution in [2.24, 2.45) is 0 Å². The maximum absolute atomic E-state index is 5.91. The van der Waals surface area contributed by atoms with Gasteiger partial charge >= 0.3 is 0 Å². The Hall–Kier alpha value is -1.31. The summed E-state index contributed by atoms with van der Waals surface area (Å²) < 4.78 is 7.96. The third-order valence-electron chi connectivity index (χ3n) is 4.15. The van der Waals surface area contributed by atoms with Gasteiger partial charge < -0.3 is 9.30 Å². The molecule has 3 heterocycles. The topological polar surface area (TPSA) is 56.1 Å². The van der Waals surface area contributed by atoms with Crippen molar-refractivity contribution in [3.8, 4) is 0 Å². The van der Waals surface area contributed by atoms with Gasteiger partial charge in [-0.25, -0.2) is 4.98 Å². The first-order valence-corrected chi connectivity index (χ1v) is 9.33. The van der Waals surface area contributed by atoms with Gasteiger partial charge in [-0.05, 0) is 19.8 Å². The summed E-state index contributed by atoms with van der Waals surface area (Å²) in [6.07, 6.45) is 5.33. The molecule has 1 aliphatic heterocycles. The van der Waals surface area contributed by atoms with Crippen molar-refractivity contribution >= 4 is 11.3 Å². The molecule has 6 nitrogen and oxygen atoms in total. The molecule has 0 aliphatic carbocycles. The molecule has 1 unspecified atom stereocenters. The first-order valence-electron chi connectivity index (χ1n) is 8.45. The van der Waals surface area contributed by atoms with Crippen molar-refractivity contribution in [2.45, 2.75) is 52.3 Å². The molecule has 7 heteroatoms. The molecular weight excluding hydrogens is 310 g/mol. The fourth-order valence-corrected chi connectivity index (χ4v) is 3.68. The molecular formula is C16H25N5OS. The monoisotopic (exact) mass is 335 g/mol. The van der Waals surface area contributed by atoms with Crippen LogP contribution in [0.5, 0.6) is 0 Å². The summed E-state index contributed by atoms with van der Waals surface area (Å²) in [7, 11) is 0. The highest BCUT2D eigenvalue weighted by Crippen LogP contribution is 2.22. The van der Waals surface area contributed by atoms with Crippen LogP contribution in [0, 0.1) is 0 Å². The van der Waals surface area contributed by atoms with Crippen LogP contribution >= 0.6 is 11.3 Å². The van der Waals surface area contributed by atoms with Gasteiger partial charge in [-0.3, -0.25) is 4.90 Å². The molecule has 126 valence electrons. The zero-order valence-electron chi connectivity index (χ0n) is 13.9. The molecule has 2 aromatic heterocycles. The number of hydrogen-bond acceptors (Lipinski definition) is 6. The van der Waals surface area contributed by atoms with Crippen LogP contribution in [-0.2, 0) is 24.2 Å². The van der Waals surface area contributed by atoms with E-state index in [0.29, 0.717) is 0 Å². The maximum atomic E-state index is 5.91. The van der Waals surface area contributed by atoms with E-state index in [1.807, 2.05) is 0 Å². The van der Waals surface area contributed by atoms with Crippen LogP contribution in [0.2, 0.25) is 0 Å². The molecule has 0 amide bonds. The lowest BCUT2D eigenvalue weighted by Gasteiger charge is -2.31. The summed E-state index contributed by atoms with van der Waals surface area (Å²) >= 11 is 1.79. The van der Waals surface area contributed by atoms with Gasteiger partial charge in [0, 0.05) is 31.6 Å². The lowest BCUT2D eigenvalue weighted by molar-refractivity contribution is -0.0391. The highest BCUT2D eigenvalue weighted by atomic mass is 32.1. The van der Waals surface area contributed by atoms with Gasteiger partial charge in [0.15, 0.2) is 5.82 Å². The Morgan fingerprint density at radius 2 is 2.30 bits per heavy atom. The van der Waals surface area contributed by atoms with Gasteiger partial charge in [0.1, 0.15) is 12.4 Å². The summed E-state index contributed by atoms with van der Waals surface area (Å²) in [6.45, 7) is 8.60. The molecule has 0 aromatic carbocycles. The number of ether oxygens (including phenoxy) is 1. The van der Waals surface area contributed by atoms with Gasteiger partial charge in [-0.2, -0.15) is 0 Å². The molecule has 0 saturated carbocycles. The smallest absolute Gasteiger partial charge is 0.163 e. The standard InChI is InChI=1S/C16H25N5OS/c1-3-5-6-15-18-13(11-23-15)9-20-7-8-22-14(10-20)16-19-17-12-21(16)4-2/h11-12,14H,3-10H2,1-2H3. The second-order valence-electron chi connectivity index (χ2n) is 5.91. The number of morpholine rings is 1. The molecule has 2 aromatic rings. The molecule has 0 spiro atoms. The van der Waals surface area contributed by atoms with Crippen molar-refractivity contribution in [1.82, 2.24) is 24.6 Å². The average Bonchev–Trinajstić information content (AvgIpc) is 3.22. The van der Waals surface area contributed by atoms with Crippen LogP contribution in [0.4, 0.5) is 0 Å². The van der Waals surface area contributed by atoms with E-state index < -0.39 is 0 Å². The molecule has 1 aliphatic rings. The highest BCUT2D eigenvalue weighted by Gasteiger charge is 2.26. The van der Waals surface area contributed by atoms with Crippen LogP contribution in [0.25, 0.3) is 0 Å². The summed E-state index contributed by atoms with van der Waals surface area (Å²) in [5, 5.41) is 11.7. The summed E-state index contributed by atoms with van der Waals surface area (Å²) in [5.74, 6) is 0.930. The Kier molecular flexibility index (Phi) is 5.75. The lowest BCUT2D eigenvalue weighted by Crippen LogP contribution is -2.38. The summed E-state index contributed by atoms with van der Waals surface area (Å²) in [6, 6.07) is 0. The molecule has 1 fully saturated rings. The minimum absolute atomic E-state index is 0.00407. The van der Waals surface area contributed by atoms with E-state index in [2.05, 4.69) is 38.9 Å². The van der Waals surface area contributed by atoms with Crippen molar-refractivity contribution in [1.29, 1.82) is 0 Å². The number of unbranched alkanes of at least 4 members (excludes halogenated alkanes) is 1. The number of aryl methyl sites for hydroxylation is 2. The number of nitrogens with zero attached hydrogens (tertiary/aromatic N) is 5. The van der Waals surface area contributed by atoms with Crippen molar-refractivity contribution in [3.63, 3.8) is 0 Å². The lowest BCUT2D eigenvalue weighted by atomic mass is 10.2. The van der Waals surface area contributed by atoms with Gasteiger partial charge in [0.2, 0.25) is 0 Å². The molecule has 0 N–H and O–H groups in total. The van der Waals surface area contributed by atoms with E-state index in [1.54, 1.807) is 17.7 Å². The molecule has 0 bridgehead atoms. The van der Waals surface area contributed by atoms with Gasteiger partial charge in [-0.15, -0.1) is 21.5 Å². The zero-order chi connectivity index (χ0) is 16.1. The first kappa shape index (κ1) is 16.5. The minimum atomic E-state index is 0.00407. The zero-order valence-corrected chi connectivity index (χ0v) is 14.8. The average molecular weight is 335 g/mol. The van der Waals surface area contributed by atoms with E-state index >= 15 is 0 Å². The summed E-state index contributed by atoms with van der Waals surface area (Å²) in [5.41, 5.74) is 1.18. The van der Waals surface area contributed by atoms with E-state index in [9.17, 15) is 0 Å². The SMILES string of the molecule is CCCCc1nc(CN2CCOC(c3nncn3CC)C2)cs1. The maximum Gasteiger partial charge on any atom is 0.163 e. The second kappa shape index (κ2) is 7.99. The number of aromatic nitrogens is 4. The van der Waals surface area contributed by atoms with Crippen LogP contribution < -0.4 is 0 Å². The fourth-order valence-electron chi connectivity index (χ4n) is 2.85. The molecule has 3 rings (SSSR count). The molecule has 1 atom stereocenters. The Morgan fingerprint density at radius 3 is 3.13 bits per heavy atom. The second-order valence-corrected chi connectivity index (χ2v) is 6.85. The van der Waals surface area contributed by atoms with E-state index in [4.69, 9.17) is 9.72 Å². The quantitative estimate of drug-likeness (QED) is 0.778. The van der Waals surface area contributed by atoms with Gasteiger partial charge in [0.25, 0.3) is 0 Å². The Bertz CT molecular complexity index is 611. The van der Waals surface area contributed by atoms with Crippen LogP contribution in [-0.4, -0.2) is 44.3 Å². The largest absolute Gasteiger partial charge is 0.368 e. The molecule has 1 saturated heterocycles. The number of thiazole rings is 1. The number of hydrogen-bond donors (Lipinski definition) is 0. The van der Waals surface area contributed by atoms with Crippen LogP contribution in [0.3, 0.4) is 0 Å². The third-order valence-corrected chi connectivity index (χ3v) is 5.11. The normalized spacial score (nSPS) is 19.3. The molecule has 23 heavy (non-hydrogen) atoms. The molecule has 0 radical (unpaired) electrons. The minimum Gasteiger partial charge on any atom is -0.368 e. The van der Waals surface area contributed by atoms with Crippen molar-refractivity contribution in [2.75, 3.05) is 19.7 Å². The highest BCUT2D eigenvalue weighted by molar-refractivity contribution is 7.09. The van der Waals surface area contributed by atoms with Crippen molar-refractivity contribution < 1.29 is 4.74 Å². The first-order chi connectivity index (χ1) is 11.3. The van der Waals surface area contributed by atoms with Crippen LogP contribution in [0.1, 0.15) is 49.3 Å². The Labute approximate surface area is 141 Å². The van der Waals surface area contributed by atoms with E-state index in [1.165, 1.54) is 23.5 Å². The predicted octanol–water partition coefficient (Wildman–Crippen LogP) is 2.67. The van der Waals surface area contributed by atoms with E-state index in [-0.39, 0.29) is 6.10 Å². The fraction of sp³-hybridized carbons (Fsp3) is 0.688. The summed E-state index contributed by atoms with van der Waals surface area (Å²) in [4.78, 5) is 7.17. The Balaban J connectivity index is 1.59. The Morgan fingerprint density at radius 1 is 1.39 bits per heavy atom. The predicted molar refractivity (Wildman–Crippen MR) is 90.4 cm³/mol. The van der Waals surface area contributed by atoms with Gasteiger partial charge in [0.05, 0.1) is 17.3 Å². The van der Waals surface area contributed by atoms with Crippen molar-refractivity contribution in [3.05, 3.63) is 28.2 Å². The van der Waals surface area contributed by atoms with E-state index in [0.717, 1.165) is 45.0 Å². The van der Waals surface area contributed by atoms with Crippen LogP contribution in [0.15, 0.2) is 11.7 Å². The third kappa shape index (κ3) is 4.16. The van der Waals surface area contributed by atoms with Gasteiger partial charge in [-0.1, -0.05) is 13.3 Å². The number of rotatable bonds is 7.